The molecule has 3 rings (SSSR count). The number of halogens is 2. The summed E-state index contributed by atoms with van der Waals surface area (Å²) in [5.41, 5.74) is 2.73. The van der Waals surface area contributed by atoms with E-state index in [-0.39, 0.29) is 6.04 Å². The Labute approximate surface area is 140 Å². The molecule has 0 saturated carbocycles. The third kappa shape index (κ3) is 3.05. The third-order valence-electron chi connectivity index (χ3n) is 3.88. The topological polar surface area (TPSA) is 39.1 Å². The Morgan fingerprint density at radius 3 is 2.59 bits per heavy atom. The second kappa shape index (κ2) is 6.58. The molecule has 0 bridgehead atoms. The molecule has 1 saturated heterocycles. The largest absolute Gasteiger partial charge is 0.361 e. The molecule has 1 N–H and O–H groups in total. The van der Waals surface area contributed by atoms with Crippen LogP contribution in [0.3, 0.4) is 0 Å². The summed E-state index contributed by atoms with van der Waals surface area (Å²) in [7, 11) is 0. The fourth-order valence-corrected chi connectivity index (χ4v) is 3.20. The minimum atomic E-state index is 0.191. The minimum absolute atomic E-state index is 0.191. The van der Waals surface area contributed by atoms with Crippen molar-refractivity contribution in [2.45, 2.75) is 6.04 Å². The Balaban J connectivity index is 1.96. The fourth-order valence-electron chi connectivity index (χ4n) is 2.78. The number of benzene rings is 2. The van der Waals surface area contributed by atoms with E-state index in [0.29, 0.717) is 10.6 Å². The van der Waals surface area contributed by atoms with E-state index in [9.17, 15) is 0 Å². The maximum absolute atomic E-state index is 8.97. The smallest absolute Gasteiger partial charge is 0.0992 e. The molecule has 1 heterocycles. The number of hydrogen-bond acceptors (Lipinski definition) is 3. The van der Waals surface area contributed by atoms with Crippen LogP contribution in [0, 0.1) is 11.3 Å². The molecule has 1 aliphatic rings. The molecule has 1 atom stereocenters. The molecule has 1 fully saturated rings. The van der Waals surface area contributed by atoms with Gasteiger partial charge in [0, 0.05) is 24.7 Å². The van der Waals surface area contributed by atoms with Crippen LogP contribution in [-0.4, -0.2) is 19.6 Å². The molecular weight excluding hydrogens is 317 g/mol. The van der Waals surface area contributed by atoms with Gasteiger partial charge in [-0.15, -0.1) is 0 Å². The summed E-state index contributed by atoms with van der Waals surface area (Å²) in [4.78, 5) is 2.28. The summed E-state index contributed by atoms with van der Waals surface area (Å²) in [6.07, 6.45) is 0. The number of anilines is 1. The normalized spacial score (nSPS) is 18.0. The predicted molar refractivity (Wildman–Crippen MR) is 90.6 cm³/mol. The van der Waals surface area contributed by atoms with Crippen LogP contribution in [-0.2, 0) is 0 Å². The number of rotatable bonds is 2. The molecule has 2 aromatic rings. The van der Waals surface area contributed by atoms with E-state index in [4.69, 9.17) is 28.5 Å². The molecule has 22 heavy (non-hydrogen) atoms. The second-order valence-electron chi connectivity index (χ2n) is 5.24. The van der Waals surface area contributed by atoms with Crippen LogP contribution in [0.5, 0.6) is 0 Å². The van der Waals surface area contributed by atoms with Gasteiger partial charge in [-0.25, -0.2) is 0 Å². The number of nitriles is 1. The van der Waals surface area contributed by atoms with Gasteiger partial charge in [0.25, 0.3) is 0 Å². The Hall–Kier alpha value is -1.73. The highest BCUT2D eigenvalue weighted by Gasteiger charge is 2.25. The molecular formula is C17H15Cl2N3. The van der Waals surface area contributed by atoms with Gasteiger partial charge in [-0.2, -0.15) is 5.26 Å². The lowest BCUT2D eigenvalue weighted by atomic mass is 10.0. The van der Waals surface area contributed by atoms with Crippen LogP contribution in [0.15, 0.2) is 42.5 Å². The second-order valence-corrected chi connectivity index (χ2v) is 6.09. The monoisotopic (exact) mass is 331 g/mol. The number of nitrogens with one attached hydrogen (secondary N) is 1. The minimum Gasteiger partial charge on any atom is -0.361 e. The van der Waals surface area contributed by atoms with Crippen LogP contribution in [0.1, 0.15) is 17.2 Å². The molecule has 0 spiro atoms. The summed E-state index contributed by atoms with van der Waals surface area (Å²) < 4.78 is 0. The van der Waals surface area contributed by atoms with E-state index in [1.165, 1.54) is 5.56 Å². The van der Waals surface area contributed by atoms with E-state index in [1.807, 2.05) is 36.4 Å². The van der Waals surface area contributed by atoms with Crippen molar-refractivity contribution in [3.63, 3.8) is 0 Å². The van der Waals surface area contributed by atoms with Crippen LogP contribution in [0.25, 0.3) is 0 Å². The van der Waals surface area contributed by atoms with Gasteiger partial charge < -0.3 is 10.2 Å². The summed E-state index contributed by atoms with van der Waals surface area (Å²) in [6, 6.07) is 15.7. The zero-order valence-corrected chi connectivity index (χ0v) is 13.4. The average molecular weight is 332 g/mol. The van der Waals surface area contributed by atoms with E-state index >= 15 is 0 Å². The predicted octanol–water partition coefficient (Wildman–Crippen LogP) is 4.02. The molecule has 3 nitrogen and oxygen atoms in total. The molecule has 0 aromatic heterocycles. The Morgan fingerprint density at radius 1 is 1.14 bits per heavy atom. The average Bonchev–Trinajstić information content (AvgIpc) is 2.55. The molecule has 5 heteroatoms. The Morgan fingerprint density at radius 2 is 1.91 bits per heavy atom. The molecule has 0 aliphatic carbocycles. The number of piperazine rings is 1. The molecule has 2 aromatic carbocycles. The van der Waals surface area contributed by atoms with Crippen LogP contribution < -0.4 is 10.2 Å². The van der Waals surface area contributed by atoms with Crippen molar-refractivity contribution in [1.82, 2.24) is 5.32 Å². The van der Waals surface area contributed by atoms with Crippen LogP contribution >= 0.6 is 23.2 Å². The highest BCUT2D eigenvalue weighted by Crippen LogP contribution is 2.34. The first kappa shape index (κ1) is 15.2. The van der Waals surface area contributed by atoms with Gasteiger partial charge in [-0.05, 0) is 35.9 Å². The molecule has 0 amide bonds. The van der Waals surface area contributed by atoms with E-state index in [0.717, 1.165) is 30.3 Å². The van der Waals surface area contributed by atoms with Gasteiger partial charge in [0.15, 0.2) is 0 Å². The highest BCUT2D eigenvalue weighted by molar-refractivity contribution is 6.33. The first-order valence-corrected chi connectivity index (χ1v) is 7.87. The van der Waals surface area contributed by atoms with Gasteiger partial charge in [0.1, 0.15) is 0 Å². The van der Waals surface area contributed by atoms with Crippen molar-refractivity contribution in [2.24, 2.45) is 0 Å². The first-order valence-electron chi connectivity index (χ1n) is 7.11. The Bertz CT molecular complexity index is 707. The number of hydrogen-bond donors (Lipinski definition) is 1. The van der Waals surface area contributed by atoms with E-state index in [2.05, 4.69) is 16.3 Å². The summed E-state index contributed by atoms with van der Waals surface area (Å²) in [5.74, 6) is 0. The standard InChI is InChI=1S/C17H15Cl2N3/c18-14-4-2-13(3-5-14)17-11-21-7-8-22(17)16-6-1-12(10-20)9-15(16)19/h1-6,9,17,21H,7-8,11H2/t17-/m0/s1. The van der Waals surface area contributed by atoms with Gasteiger partial charge in [0.05, 0.1) is 28.4 Å². The van der Waals surface area contributed by atoms with Gasteiger partial charge in [-0.3, -0.25) is 0 Å². The SMILES string of the molecule is N#Cc1ccc(N2CCNC[C@H]2c2ccc(Cl)cc2)c(Cl)c1. The lowest BCUT2D eigenvalue weighted by molar-refractivity contribution is 0.490. The zero-order valence-electron chi connectivity index (χ0n) is 11.9. The molecule has 1 aliphatic heterocycles. The lowest BCUT2D eigenvalue weighted by Gasteiger charge is -2.38. The van der Waals surface area contributed by atoms with Crippen LogP contribution in [0.2, 0.25) is 10.0 Å². The fraction of sp³-hybridized carbons (Fsp3) is 0.235. The van der Waals surface area contributed by atoms with Gasteiger partial charge in [0.2, 0.25) is 0 Å². The molecule has 0 unspecified atom stereocenters. The summed E-state index contributed by atoms with van der Waals surface area (Å²) in [6.45, 7) is 2.61. The van der Waals surface area contributed by atoms with Crippen molar-refractivity contribution in [3.8, 4) is 6.07 Å². The zero-order chi connectivity index (χ0) is 15.5. The van der Waals surface area contributed by atoms with Crippen molar-refractivity contribution in [1.29, 1.82) is 5.26 Å². The van der Waals surface area contributed by atoms with Crippen molar-refractivity contribution in [2.75, 3.05) is 24.5 Å². The summed E-state index contributed by atoms with van der Waals surface area (Å²) in [5, 5.41) is 13.7. The van der Waals surface area contributed by atoms with E-state index < -0.39 is 0 Å². The molecule has 0 radical (unpaired) electrons. The van der Waals surface area contributed by atoms with Crippen molar-refractivity contribution in [3.05, 3.63) is 63.6 Å². The maximum atomic E-state index is 8.97. The highest BCUT2D eigenvalue weighted by atomic mass is 35.5. The third-order valence-corrected chi connectivity index (χ3v) is 4.44. The lowest BCUT2D eigenvalue weighted by Crippen LogP contribution is -2.46. The van der Waals surface area contributed by atoms with Gasteiger partial charge >= 0.3 is 0 Å². The molecule has 112 valence electrons. The maximum Gasteiger partial charge on any atom is 0.0992 e. The summed E-state index contributed by atoms with van der Waals surface area (Å²) >= 11 is 12.4. The van der Waals surface area contributed by atoms with E-state index in [1.54, 1.807) is 6.07 Å². The van der Waals surface area contributed by atoms with Crippen molar-refractivity contribution < 1.29 is 0 Å². The van der Waals surface area contributed by atoms with Crippen molar-refractivity contribution >= 4 is 28.9 Å². The van der Waals surface area contributed by atoms with Gasteiger partial charge in [-0.1, -0.05) is 35.3 Å². The first-order chi connectivity index (χ1) is 10.7. The Kier molecular flexibility index (Phi) is 4.54. The van der Waals surface area contributed by atoms with Crippen LogP contribution in [0.4, 0.5) is 5.69 Å². The number of nitrogens with zero attached hydrogens (tertiary/aromatic N) is 2. The quantitative estimate of drug-likeness (QED) is 0.903.